The van der Waals surface area contributed by atoms with Gasteiger partial charge in [-0.2, -0.15) is 13.2 Å². The highest BCUT2D eigenvalue weighted by molar-refractivity contribution is 6.04. The fourth-order valence-corrected chi connectivity index (χ4v) is 3.67. The second-order valence-electron chi connectivity index (χ2n) is 7.71. The summed E-state index contributed by atoms with van der Waals surface area (Å²) in [5.74, 6) is -2.30. The van der Waals surface area contributed by atoms with Gasteiger partial charge in [-0.25, -0.2) is 4.98 Å². The molecule has 0 fully saturated rings. The maximum Gasteiger partial charge on any atom is 0.449 e. The van der Waals surface area contributed by atoms with Crippen molar-refractivity contribution in [2.75, 3.05) is 5.32 Å². The van der Waals surface area contributed by atoms with Crippen molar-refractivity contribution in [3.05, 3.63) is 95.8 Å². The van der Waals surface area contributed by atoms with Crippen molar-refractivity contribution >= 4 is 28.5 Å². The Morgan fingerprint density at radius 1 is 0.941 bits per heavy atom. The van der Waals surface area contributed by atoms with E-state index in [9.17, 15) is 22.8 Å². The molecule has 0 saturated carbocycles. The van der Waals surface area contributed by atoms with Gasteiger partial charge in [-0.3, -0.25) is 9.59 Å². The number of hydrogen-bond acceptors (Lipinski definition) is 3. The van der Waals surface area contributed by atoms with E-state index in [0.29, 0.717) is 0 Å². The molecule has 6 nitrogen and oxygen atoms in total. The third-order valence-electron chi connectivity index (χ3n) is 5.30. The Morgan fingerprint density at radius 3 is 2.32 bits per heavy atom. The minimum absolute atomic E-state index is 0.136. The molecule has 9 heteroatoms. The number of imidazole rings is 1. The van der Waals surface area contributed by atoms with Crippen molar-refractivity contribution in [2.45, 2.75) is 25.7 Å². The van der Waals surface area contributed by atoms with E-state index in [2.05, 4.69) is 15.6 Å². The van der Waals surface area contributed by atoms with Gasteiger partial charge in [0.05, 0.1) is 28.3 Å². The van der Waals surface area contributed by atoms with Crippen LogP contribution in [0.15, 0.2) is 78.9 Å². The van der Waals surface area contributed by atoms with Crippen LogP contribution in [0, 0.1) is 0 Å². The highest BCUT2D eigenvalue weighted by Gasteiger charge is 2.38. The average Bonchev–Trinajstić information content (AvgIpc) is 3.19. The van der Waals surface area contributed by atoms with Gasteiger partial charge in [0.2, 0.25) is 11.7 Å². The molecule has 1 atom stereocenters. The predicted octanol–water partition coefficient (Wildman–Crippen LogP) is 5.18. The molecule has 1 heterocycles. The van der Waals surface area contributed by atoms with Gasteiger partial charge in [0, 0.05) is 0 Å². The molecule has 0 bridgehead atoms. The number of hydrogen-bond donors (Lipinski definition) is 2. The third kappa shape index (κ3) is 4.93. The summed E-state index contributed by atoms with van der Waals surface area (Å²) < 4.78 is 41.4. The summed E-state index contributed by atoms with van der Waals surface area (Å²) in [4.78, 5) is 29.3. The molecule has 0 aliphatic carbocycles. The largest absolute Gasteiger partial charge is 0.449 e. The van der Waals surface area contributed by atoms with Gasteiger partial charge in [0.1, 0.15) is 6.54 Å². The predicted molar refractivity (Wildman–Crippen MR) is 122 cm³/mol. The Hall–Kier alpha value is -4.14. The third-order valence-corrected chi connectivity index (χ3v) is 5.30. The number of carbonyl (C=O) groups is 2. The van der Waals surface area contributed by atoms with Crippen LogP contribution in [0.1, 0.15) is 34.7 Å². The molecule has 4 aromatic rings. The normalized spacial score (nSPS) is 12.4. The second-order valence-corrected chi connectivity index (χ2v) is 7.71. The maximum absolute atomic E-state index is 13.5. The van der Waals surface area contributed by atoms with Gasteiger partial charge in [0.25, 0.3) is 5.91 Å². The Morgan fingerprint density at radius 2 is 1.59 bits per heavy atom. The zero-order valence-electron chi connectivity index (χ0n) is 18.1. The van der Waals surface area contributed by atoms with Gasteiger partial charge < -0.3 is 15.2 Å². The molecule has 34 heavy (non-hydrogen) atoms. The smallest absolute Gasteiger partial charge is 0.345 e. The Kier molecular flexibility index (Phi) is 6.36. The number of nitrogens with zero attached hydrogens (tertiary/aromatic N) is 2. The summed E-state index contributed by atoms with van der Waals surface area (Å²) in [6.07, 6.45) is -4.73. The van der Waals surface area contributed by atoms with Crippen LogP contribution in [0.5, 0.6) is 0 Å². The Bertz CT molecular complexity index is 1330. The van der Waals surface area contributed by atoms with Gasteiger partial charge >= 0.3 is 6.18 Å². The molecule has 2 amide bonds. The van der Waals surface area contributed by atoms with E-state index in [4.69, 9.17) is 0 Å². The number of alkyl halides is 3. The van der Waals surface area contributed by atoms with Crippen molar-refractivity contribution in [3.63, 3.8) is 0 Å². The standard InChI is InChI=1S/C25H21F3N4O2/c1-16(17-9-3-2-4-10-17)29-23(34)18-11-5-6-12-19(18)30-22(33)15-32-21-14-8-7-13-20(21)31-24(32)25(26,27)28/h2-14,16H,15H2,1H3,(H,29,34)(H,30,33)/t16-/m1/s1. The van der Waals surface area contributed by atoms with Crippen molar-refractivity contribution in [1.29, 1.82) is 0 Å². The number of carbonyl (C=O) groups excluding carboxylic acids is 2. The molecule has 1 aromatic heterocycles. The zero-order valence-corrected chi connectivity index (χ0v) is 18.1. The first-order valence-electron chi connectivity index (χ1n) is 10.5. The maximum atomic E-state index is 13.5. The van der Waals surface area contributed by atoms with Crippen LogP contribution in [0.3, 0.4) is 0 Å². The lowest BCUT2D eigenvalue weighted by molar-refractivity contribution is -0.147. The van der Waals surface area contributed by atoms with E-state index >= 15 is 0 Å². The number of fused-ring (bicyclic) bond motifs is 1. The van der Waals surface area contributed by atoms with Gasteiger partial charge in [-0.1, -0.05) is 54.6 Å². The summed E-state index contributed by atoms with van der Waals surface area (Å²) in [5, 5.41) is 5.44. The number of aromatic nitrogens is 2. The Balaban J connectivity index is 1.55. The number of halogens is 3. The molecule has 174 valence electrons. The number of amides is 2. The molecule has 4 rings (SSSR count). The van der Waals surface area contributed by atoms with Crippen molar-refractivity contribution < 1.29 is 22.8 Å². The molecule has 0 saturated heterocycles. The van der Waals surface area contributed by atoms with Crippen LogP contribution in [-0.2, 0) is 17.5 Å². The van der Waals surface area contributed by atoms with Crippen LogP contribution in [0.2, 0.25) is 0 Å². The molecular weight excluding hydrogens is 445 g/mol. The molecule has 3 aromatic carbocycles. The number of para-hydroxylation sites is 3. The molecule has 0 aliphatic heterocycles. The first-order chi connectivity index (χ1) is 16.2. The van der Waals surface area contributed by atoms with Crippen LogP contribution in [0.4, 0.5) is 18.9 Å². The molecule has 0 radical (unpaired) electrons. The summed E-state index contributed by atoms with van der Waals surface area (Å²) in [6.45, 7) is 1.21. The van der Waals surface area contributed by atoms with Crippen molar-refractivity contribution in [1.82, 2.24) is 14.9 Å². The number of rotatable bonds is 6. The monoisotopic (exact) mass is 466 g/mol. The number of anilines is 1. The molecule has 2 N–H and O–H groups in total. The van der Waals surface area contributed by atoms with E-state index in [1.165, 1.54) is 24.3 Å². The second kappa shape index (κ2) is 9.38. The molecule has 0 aliphatic rings. The van der Waals surface area contributed by atoms with E-state index in [1.807, 2.05) is 37.3 Å². The zero-order chi connectivity index (χ0) is 24.3. The van der Waals surface area contributed by atoms with Gasteiger partial charge in [-0.05, 0) is 36.8 Å². The van der Waals surface area contributed by atoms with Crippen LogP contribution in [-0.4, -0.2) is 21.4 Å². The average molecular weight is 466 g/mol. The van der Waals surface area contributed by atoms with E-state index in [-0.39, 0.29) is 28.3 Å². The lowest BCUT2D eigenvalue weighted by Gasteiger charge is -2.17. The van der Waals surface area contributed by atoms with Crippen molar-refractivity contribution in [3.8, 4) is 0 Å². The lowest BCUT2D eigenvalue weighted by Crippen LogP contribution is -2.28. The molecular formula is C25H21F3N4O2. The van der Waals surface area contributed by atoms with Gasteiger partial charge in [-0.15, -0.1) is 0 Å². The lowest BCUT2D eigenvalue weighted by atomic mass is 10.1. The van der Waals surface area contributed by atoms with Crippen LogP contribution in [0.25, 0.3) is 11.0 Å². The fourth-order valence-electron chi connectivity index (χ4n) is 3.67. The highest BCUT2D eigenvalue weighted by Crippen LogP contribution is 2.31. The molecule has 0 spiro atoms. The minimum Gasteiger partial charge on any atom is -0.345 e. The highest BCUT2D eigenvalue weighted by atomic mass is 19.4. The Labute approximate surface area is 193 Å². The van der Waals surface area contributed by atoms with Crippen LogP contribution < -0.4 is 10.6 Å². The summed E-state index contributed by atoms with van der Waals surface area (Å²) in [6, 6.07) is 21.5. The summed E-state index contributed by atoms with van der Waals surface area (Å²) in [7, 11) is 0. The van der Waals surface area contributed by atoms with Gasteiger partial charge in [0.15, 0.2) is 0 Å². The SMILES string of the molecule is C[C@@H](NC(=O)c1ccccc1NC(=O)Cn1c(C(F)(F)F)nc2ccccc21)c1ccccc1. The van der Waals surface area contributed by atoms with Crippen molar-refractivity contribution in [2.24, 2.45) is 0 Å². The topological polar surface area (TPSA) is 76.0 Å². The quantitative estimate of drug-likeness (QED) is 0.411. The van der Waals surface area contributed by atoms with Crippen LogP contribution >= 0.6 is 0 Å². The first kappa shape index (κ1) is 23.0. The fraction of sp³-hybridized carbons (Fsp3) is 0.160. The first-order valence-corrected chi connectivity index (χ1v) is 10.5. The molecule has 0 unspecified atom stereocenters. The van der Waals surface area contributed by atoms with E-state index < -0.39 is 30.4 Å². The minimum atomic E-state index is -4.73. The van der Waals surface area contributed by atoms with E-state index in [1.54, 1.807) is 24.3 Å². The van der Waals surface area contributed by atoms with E-state index in [0.717, 1.165) is 10.1 Å². The number of benzene rings is 3. The number of nitrogens with one attached hydrogen (secondary N) is 2. The summed E-state index contributed by atoms with van der Waals surface area (Å²) in [5.41, 5.74) is 1.63. The summed E-state index contributed by atoms with van der Waals surface area (Å²) >= 11 is 0.